The highest BCUT2D eigenvalue weighted by Gasteiger charge is 2.19. The normalized spacial score (nSPS) is 18.2. The molecule has 0 bridgehead atoms. The maximum Gasteiger partial charge on any atom is 0.161 e. The van der Waals surface area contributed by atoms with E-state index in [1.54, 1.807) is 6.07 Å². The van der Waals surface area contributed by atoms with Crippen molar-refractivity contribution in [2.75, 3.05) is 13.2 Å². The smallest absolute Gasteiger partial charge is 0.161 e. The highest BCUT2D eigenvalue weighted by molar-refractivity contribution is 5.42. The Kier molecular flexibility index (Phi) is 6.33. The zero-order valence-electron chi connectivity index (χ0n) is 12.8. The van der Waals surface area contributed by atoms with Gasteiger partial charge in [-0.15, -0.1) is 0 Å². The molecule has 1 aliphatic rings. The van der Waals surface area contributed by atoms with Gasteiger partial charge in [0.25, 0.3) is 0 Å². The molecule has 0 aromatic heterocycles. The summed E-state index contributed by atoms with van der Waals surface area (Å²) >= 11 is 0. The summed E-state index contributed by atoms with van der Waals surface area (Å²) in [5.41, 5.74) is 0.961. The molecular formula is C17H27NO3. The molecule has 0 amide bonds. The molecule has 1 aromatic rings. The summed E-state index contributed by atoms with van der Waals surface area (Å²) in [6, 6.07) is 5.67. The van der Waals surface area contributed by atoms with Crippen LogP contribution in [0.3, 0.4) is 0 Å². The number of ether oxygens (including phenoxy) is 1. The Hall–Kier alpha value is -1.26. The number of phenols is 1. The molecular weight excluding hydrogens is 266 g/mol. The molecule has 0 aliphatic heterocycles. The maximum atomic E-state index is 9.77. The molecule has 0 saturated heterocycles. The van der Waals surface area contributed by atoms with Crippen LogP contribution in [0.15, 0.2) is 18.2 Å². The summed E-state index contributed by atoms with van der Waals surface area (Å²) in [5.74, 6) is 0.628. The molecule has 4 nitrogen and oxygen atoms in total. The summed E-state index contributed by atoms with van der Waals surface area (Å²) < 4.78 is 5.42. The Morgan fingerprint density at radius 1 is 1.24 bits per heavy atom. The van der Waals surface area contributed by atoms with Gasteiger partial charge in [0, 0.05) is 6.04 Å². The van der Waals surface area contributed by atoms with Crippen molar-refractivity contribution in [1.29, 1.82) is 0 Å². The minimum absolute atomic E-state index is 0.0485. The molecule has 1 unspecified atom stereocenters. The molecule has 1 atom stereocenters. The average molecular weight is 293 g/mol. The van der Waals surface area contributed by atoms with Gasteiger partial charge in [-0.05, 0) is 37.5 Å². The zero-order chi connectivity index (χ0) is 15.1. The van der Waals surface area contributed by atoms with Crippen molar-refractivity contribution in [3.05, 3.63) is 23.8 Å². The van der Waals surface area contributed by atoms with Gasteiger partial charge in [-0.1, -0.05) is 31.7 Å². The van der Waals surface area contributed by atoms with E-state index in [2.05, 4.69) is 5.32 Å². The van der Waals surface area contributed by atoms with Gasteiger partial charge in [0.2, 0.25) is 0 Å². The Morgan fingerprint density at radius 2 is 1.95 bits per heavy atom. The molecule has 1 fully saturated rings. The second kappa shape index (κ2) is 8.25. The number of aromatic hydroxyl groups is 1. The number of nitrogens with one attached hydrogen (secondary N) is 1. The van der Waals surface area contributed by atoms with Crippen molar-refractivity contribution in [2.24, 2.45) is 0 Å². The third-order valence-corrected chi connectivity index (χ3v) is 4.16. The van der Waals surface area contributed by atoms with Crippen molar-refractivity contribution < 1.29 is 14.9 Å². The summed E-state index contributed by atoms with van der Waals surface area (Å²) in [4.78, 5) is 0. The summed E-state index contributed by atoms with van der Waals surface area (Å²) in [6.45, 7) is 2.45. The van der Waals surface area contributed by atoms with E-state index in [0.717, 1.165) is 5.56 Å². The fourth-order valence-electron chi connectivity index (χ4n) is 3.00. The zero-order valence-corrected chi connectivity index (χ0v) is 12.8. The van der Waals surface area contributed by atoms with Gasteiger partial charge in [0.15, 0.2) is 11.5 Å². The van der Waals surface area contributed by atoms with E-state index in [9.17, 15) is 10.2 Å². The number of aliphatic hydroxyl groups excluding tert-OH is 1. The van der Waals surface area contributed by atoms with E-state index in [1.165, 1.54) is 38.5 Å². The molecule has 0 spiro atoms. The lowest BCUT2D eigenvalue weighted by Crippen LogP contribution is -2.34. The first-order chi connectivity index (χ1) is 10.2. The Morgan fingerprint density at radius 3 is 2.57 bits per heavy atom. The monoisotopic (exact) mass is 293 g/mol. The van der Waals surface area contributed by atoms with E-state index in [1.807, 2.05) is 19.1 Å². The first kappa shape index (κ1) is 16.1. The molecule has 3 N–H and O–H groups in total. The molecule has 1 aliphatic carbocycles. The lowest BCUT2D eigenvalue weighted by atomic mass is 10.0. The van der Waals surface area contributed by atoms with Gasteiger partial charge in [-0.25, -0.2) is 0 Å². The van der Waals surface area contributed by atoms with Crippen molar-refractivity contribution in [3.63, 3.8) is 0 Å². The average Bonchev–Trinajstić information content (AvgIpc) is 2.76. The maximum absolute atomic E-state index is 9.77. The van der Waals surface area contributed by atoms with E-state index < -0.39 is 0 Å². The summed E-state index contributed by atoms with van der Waals surface area (Å²) in [7, 11) is 0. The van der Waals surface area contributed by atoms with Crippen LogP contribution in [0, 0.1) is 0 Å². The van der Waals surface area contributed by atoms with Gasteiger partial charge < -0.3 is 20.3 Å². The van der Waals surface area contributed by atoms with Crippen molar-refractivity contribution in [2.45, 2.75) is 57.5 Å². The van der Waals surface area contributed by atoms with Gasteiger partial charge in [-0.3, -0.25) is 0 Å². The quantitative estimate of drug-likeness (QED) is 0.705. The summed E-state index contributed by atoms with van der Waals surface area (Å²) in [6.07, 6.45) is 7.50. The number of hydrogen-bond donors (Lipinski definition) is 3. The molecule has 118 valence electrons. The van der Waals surface area contributed by atoms with Crippen LogP contribution in [0.2, 0.25) is 0 Å². The van der Waals surface area contributed by atoms with E-state index in [-0.39, 0.29) is 18.4 Å². The lowest BCUT2D eigenvalue weighted by Gasteiger charge is -2.24. The molecule has 2 rings (SSSR count). The van der Waals surface area contributed by atoms with Crippen LogP contribution in [0.1, 0.15) is 57.1 Å². The van der Waals surface area contributed by atoms with Gasteiger partial charge in [-0.2, -0.15) is 0 Å². The highest BCUT2D eigenvalue weighted by atomic mass is 16.5. The minimum Gasteiger partial charge on any atom is -0.504 e. The van der Waals surface area contributed by atoms with Crippen LogP contribution >= 0.6 is 0 Å². The van der Waals surface area contributed by atoms with Crippen LogP contribution in [-0.2, 0) is 0 Å². The topological polar surface area (TPSA) is 61.7 Å². The number of phenolic OH excluding ortho intramolecular Hbond substituents is 1. The number of rotatable bonds is 6. The fraction of sp³-hybridized carbons (Fsp3) is 0.647. The third kappa shape index (κ3) is 4.61. The van der Waals surface area contributed by atoms with E-state index in [0.29, 0.717) is 18.4 Å². The molecule has 4 heteroatoms. The Balaban J connectivity index is 2.07. The molecule has 1 saturated carbocycles. The molecule has 0 heterocycles. The van der Waals surface area contributed by atoms with Gasteiger partial charge >= 0.3 is 0 Å². The van der Waals surface area contributed by atoms with Crippen LogP contribution in [0.25, 0.3) is 0 Å². The first-order valence-corrected chi connectivity index (χ1v) is 8.07. The second-order valence-corrected chi connectivity index (χ2v) is 5.75. The van der Waals surface area contributed by atoms with Gasteiger partial charge in [0.1, 0.15) is 0 Å². The predicted octanol–water partition coefficient (Wildman–Crippen LogP) is 3.14. The Bertz CT molecular complexity index is 428. The van der Waals surface area contributed by atoms with Crippen LogP contribution in [0.5, 0.6) is 11.5 Å². The largest absolute Gasteiger partial charge is 0.504 e. The highest BCUT2D eigenvalue weighted by Crippen LogP contribution is 2.30. The van der Waals surface area contributed by atoms with Crippen LogP contribution < -0.4 is 10.1 Å². The third-order valence-electron chi connectivity index (χ3n) is 4.16. The van der Waals surface area contributed by atoms with Gasteiger partial charge in [0.05, 0.1) is 19.3 Å². The van der Waals surface area contributed by atoms with Crippen molar-refractivity contribution >= 4 is 0 Å². The van der Waals surface area contributed by atoms with E-state index >= 15 is 0 Å². The first-order valence-electron chi connectivity index (χ1n) is 8.07. The predicted molar refractivity (Wildman–Crippen MR) is 83.7 cm³/mol. The summed E-state index contributed by atoms with van der Waals surface area (Å²) in [5, 5.41) is 23.0. The molecule has 1 aromatic carbocycles. The van der Waals surface area contributed by atoms with Crippen molar-refractivity contribution in [1.82, 2.24) is 5.32 Å². The molecule has 21 heavy (non-hydrogen) atoms. The number of hydrogen-bond acceptors (Lipinski definition) is 4. The fourth-order valence-corrected chi connectivity index (χ4v) is 3.00. The Labute approximate surface area is 127 Å². The second-order valence-electron chi connectivity index (χ2n) is 5.75. The number of benzene rings is 1. The molecule has 0 radical (unpaired) electrons. The SMILES string of the molecule is CCOc1cc(C(CO)NC2CCCCCC2)ccc1O. The van der Waals surface area contributed by atoms with Crippen molar-refractivity contribution in [3.8, 4) is 11.5 Å². The number of aliphatic hydroxyl groups is 1. The van der Waals surface area contributed by atoms with Crippen LogP contribution in [-0.4, -0.2) is 29.5 Å². The minimum atomic E-state index is -0.104. The van der Waals surface area contributed by atoms with E-state index in [4.69, 9.17) is 4.74 Å². The van der Waals surface area contributed by atoms with Crippen LogP contribution in [0.4, 0.5) is 0 Å². The lowest BCUT2D eigenvalue weighted by molar-refractivity contribution is 0.227. The standard InChI is InChI=1S/C17H27NO3/c1-2-21-17-11-13(9-10-16(17)20)15(12-19)18-14-7-5-3-4-6-8-14/h9-11,14-15,18-20H,2-8,12H2,1H3.